The van der Waals surface area contributed by atoms with Gasteiger partial charge in [-0.25, -0.2) is 15.0 Å². The van der Waals surface area contributed by atoms with Crippen LogP contribution >= 0.6 is 31.9 Å². The maximum Gasteiger partial charge on any atom is 0.155 e. The molecule has 0 unspecified atom stereocenters. The van der Waals surface area contributed by atoms with Gasteiger partial charge in [0.25, 0.3) is 0 Å². The highest BCUT2D eigenvalue weighted by molar-refractivity contribution is 9.10. The monoisotopic (exact) mass is 395 g/mol. The van der Waals surface area contributed by atoms with Crippen molar-refractivity contribution >= 4 is 43.2 Å². The Morgan fingerprint density at radius 2 is 2.00 bits per heavy atom. The minimum atomic E-state index is 0.668. The van der Waals surface area contributed by atoms with Crippen LogP contribution in [0.1, 0.15) is 11.4 Å². The SMILES string of the molecule is Cc1nc(Br)ccc1NCc1cnc2cnc(Br)cn12. The molecule has 0 saturated carbocycles. The first-order chi connectivity index (χ1) is 9.63. The Labute approximate surface area is 132 Å². The number of nitrogens with one attached hydrogen (secondary N) is 1. The number of imidazole rings is 1. The van der Waals surface area contributed by atoms with Crippen molar-refractivity contribution in [1.82, 2.24) is 19.4 Å². The van der Waals surface area contributed by atoms with Crippen molar-refractivity contribution in [2.75, 3.05) is 5.32 Å². The van der Waals surface area contributed by atoms with Crippen molar-refractivity contribution in [2.45, 2.75) is 13.5 Å². The van der Waals surface area contributed by atoms with E-state index in [-0.39, 0.29) is 0 Å². The van der Waals surface area contributed by atoms with Gasteiger partial charge in [-0.3, -0.25) is 4.40 Å². The summed E-state index contributed by atoms with van der Waals surface area (Å²) in [5, 5.41) is 3.37. The molecule has 0 aliphatic heterocycles. The molecule has 3 aromatic heterocycles. The molecule has 3 rings (SSSR count). The van der Waals surface area contributed by atoms with E-state index >= 15 is 0 Å². The Morgan fingerprint density at radius 3 is 2.80 bits per heavy atom. The molecule has 0 aliphatic rings. The summed E-state index contributed by atoms with van der Waals surface area (Å²) in [6.07, 6.45) is 5.49. The third-order valence-electron chi connectivity index (χ3n) is 2.95. The molecule has 0 aromatic carbocycles. The number of halogens is 2. The second kappa shape index (κ2) is 5.49. The van der Waals surface area contributed by atoms with Gasteiger partial charge in [-0.1, -0.05) is 0 Å². The minimum absolute atomic E-state index is 0.668. The molecular formula is C13H11Br2N5. The van der Waals surface area contributed by atoms with Crippen LogP contribution in [0, 0.1) is 6.92 Å². The van der Waals surface area contributed by atoms with Gasteiger partial charge in [0.05, 0.1) is 36.0 Å². The molecule has 0 radical (unpaired) electrons. The lowest BCUT2D eigenvalue weighted by molar-refractivity contribution is 0.977. The number of hydrogen-bond donors (Lipinski definition) is 1. The Kier molecular flexibility index (Phi) is 3.71. The third-order valence-corrected chi connectivity index (χ3v) is 3.80. The number of anilines is 1. The van der Waals surface area contributed by atoms with Crippen LogP contribution in [0.5, 0.6) is 0 Å². The first-order valence-corrected chi connectivity index (χ1v) is 7.56. The normalized spacial score (nSPS) is 10.9. The van der Waals surface area contributed by atoms with E-state index in [1.54, 1.807) is 6.20 Å². The standard InChI is InChI=1S/C13H11Br2N5/c1-8-10(2-3-11(14)19-8)16-4-9-5-18-13-6-17-12(15)7-20(9)13/h2-3,5-7,16H,4H2,1H3. The molecule has 0 saturated heterocycles. The highest BCUT2D eigenvalue weighted by Crippen LogP contribution is 2.18. The number of pyridine rings is 1. The van der Waals surface area contributed by atoms with Crippen LogP contribution in [0.4, 0.5) is 5.69 Å². The molecule has 0 spiro atoms. The summed E-state index contributed by atoms with van der Waals surface area (Å²) >= 11 is 6.73. The molecule has 0 aliphatic carbocycles. The molecule has 7 heteroatoms. The second-order valence-electron chi connectivity index (χ2n) is 4.31. The van der Waals surface area contributed by atoms with Crippen LogP contribution in [0.3, 0.4) is 0 Å². The number of aromatic nitrogens is 4. The average Bonchev–Trinajstić information content (AvgIpc) is 2.80. The number of hydrogen-bond acceptors (Lipinski definition) is 4. The first-order valence-electron chi connectivity index (χ1n) is 5.98. The number of aryl methyl sites for hydroxylation is 1. The van der Waals surface area contributed by atoms with Crippen LogP contribution in [-0.4, -0.2) is 19.4 Å². The zero-order valence-electron chi connectivity index (χ0n) is 10.6. The van der Waals surface area contributed by atoms with Gasteiger partial charge in [-0.15, -0.1) is 0 Å². The van der Waals surface area contributed by atoms with Gasteiger partial charge in [-0.2, -0.15) is 0 Å². The van der Waals surface area contributed by atoms with Gasteiger partial charge >= 0.3 is 0 Å². The predicted octanol–water partition coefficient (Wildman–Crippen LogP) is 3.57. The van der Waals surface area contributed by atoms with E-state index < -0.39 is 0 Å². The van der Waals surface area contributed by atoms with Crippen molar-refractivity contribution in [1.29, 1.82) is 0 Å². The fourth-order valence-electron chi connectivity index (χ4n) is 1.95. The summed E-state index contributed by atoms with van der Waals surface area (Å²) < 4.78 is 3.63. The molecule has 102 valence electrons. The van der Waals surface area contributed by atoms with E-state index in [0.29, 0.717) is 6.54 Å². The lowest BCUT2D eigenvalue weighted by Gasteiger charge is -2.09. The Balaban J connectivity index is 1.85. The highest BCUT2D eigenvalue weighted by Gasteiger charge is 2.05. The Bertz CT molecular complexity index is 769. The molecule has 0 fully saturated rings. The van der Waals surface area contributed by atoms with E-state index in [9.17, 15) is 0 Å². The number of nitrogens with zero attached hydrogens (tertiary/aromatic N) is 4. The summed E-state index contributed by atoms with van der Waals surface area (Å²) in [5.41, 5.74) is 3.85. The van der Waals surface area contributed by atoms with Crippen molar-refractivity contribution in [3.8, 4) is 0 Å². The maximum absolute atomic E-state index is 4.36. The lowest BCUT2D eigenvalue weighted by atomic mass is 10.3. The summed E-state index contributed by atoms with van der Waals surface area (Å²) in [4.78, 5) is 12.8. The number of fused-ring (bicyclic) bond motifs is 1. The van der Waals surface area contributed by atoms with Gasteiger partial charge in [0, 0.05) is 6.20 Å². The zero-order valence-corrected chi connectivity index (χ0v) is 13.8. The maximum atomic E-state index is 4.36. The van der Waals surface area contributed by atoms with Gasteiger partial charge < -0.3 is 5.32 Å². The topological polar surface area (TPSA) is 55.1 Å². The van der Waals surface area contributed by atoms with Gasteiger partial charge in [0.15, 0.2) is 5.65 Å². The van der Waals surface area contributed by atoms with Crippen LogP contribution in [0.25, 0.3) is 5.65 Å². The van der Waals surface area contributed by atoms with E-state index in [4.69, 9.17) is 0 Å². The molecule has 20 heavy (non-hydrogen) atoms. The highest BCUT2D eigenvalue weighted by atomic mass is 79.9. The summed E-state index contributed by atoms with van der Waals surface area (Å²) in [5.74, 6) is 0. The van der Waals surface area contributed by atoms with E-state index in [0.717, 1.165) is 31.9 Å². The fourth-order valence-corrected chi connectivity index (χ4v) is 2.66. The van der Waals surface area contributed by atoms with Crippen molar-refractivity contribution in [2.24, 2.45) is 0 Å². The molecule has 3 aromatic rings. The van der Waals surface area contributed by atoms with Gasteiger partial charge in [0.1, 0.15) is 9.21 Å². The largest absolute Gasteiger partial charge is 0.378 e. The van der Waals surface area contributed by atoms with Crippen LogP contribution in [0.2, 0.25) is 0 Å². The fraction of sp³-hybridized carbons (Fsp3) is 0.154. The summed E-state index contributed by atoms with van der Waals surface area (Å²) in [7, 11) is 0. The van der Waals surface area contributed by atoms with Crippen LogP contribution < -0.4 is 5.32 Å². The lowest BCUT2D eigenvalue weighted by Crippen LogP contribution is -2.04. The molecule has 5 nitrogen and oxygen atoms in total. The van der Waals surface area contributed by atoms with Crippen molar-refractivity contribution < 1.29 is 0 Å². The van der Waals surface area contributed by atoms with Gasteiger partial charge in [-0.05, 0) is 50.9 Å². The van der Waals surface area contributed by atoms with Crippen LogP contribution in [0.15, 0.2) is 39.9 Å². The van der Waals surface area contributed by atoms with Crippen LogP contribution in [-0.2, 0) is 6.54 Å². The van der Waals surface area contributed by atoms with E-state index in [1.165, 1.54) is 0 Å². The van der Waals surface area contributed by atoms with Gasteiger partial charge in [0.2, 0.25) is 0 Å². The smallest absolute Gasteiger partial charge is 0.155 e. The number of rotatable bonds is 3. The van der Waals surface area contributed by atoms with Crippen molar-refractivity contribution in [3.05, 3.63) is 51.3 Å². The summed E-state index contributed by atoms with van der Waals surface area (Å²) in [6.45, 7) is 2.64. The first kappa shape index (κ1) is 13.5. The predicted molar refractivity (Wildman–Crippen MR) is 84.7 cm³/mol. The molecule has 0 atom stereocenters. The molecular weight excluding hydrogens is 386 g/mol. The Hall–Kier alpha value is -1.47. The average molecular weight is 397 g/mol. The van der Waals surface area contributed by atoms with E-state index in [2.05, 4.69) is 52.1 Å². The zero-order chi connectivity index (χ0) is 14.1. The van der Waals surface area contributed by atoms with E-state index in [1.807, 2.05) is 35.9 Å². The molecule has 0 amide bonds. The summed E-state index contributed by atoms with van der Waals surface area (Å²) in [6, 6.07) is 3.93. The third kappa shape index (κ3) is 2.69. The molecule has 1 N–H and O–H groups in total. The molecule has 3 heterocycles. The molecule has 0 bridgehead atoms. The second-order valence-corrected chi connectivity index (χ2v) is 5.93. The Morgan fingerprint density at radius 1 is 1.15 bits per heavy atom. The quantitative estimate of drug-likeness (QED) is 0.687. The van der Waals surface area contributed by atoms with Crippen molar-refractivity contribution in [3.63, 3.8) is 0 Å². The minimum Gasteiger partial charge on any atom is -0.378 e.